The molecule has 1 aromatic carbocycles. The largest absolute Gasteiger partial charge is 0.494 e. The monoisotopic (exact) mass is 374 g/mol. The molecule has 0 aromatic heterocycles. The number of carbonyl (C=O) groups excluding carboxylic acids is 1. The van der Waals surface area contributed by atoms with Crippen LogP contribution in [0.5, 0.6) is 5.75 Å². The van der Waals surface area contributed by atoms with E-state index < -0.39 is 10.0 Å². The van der Waals surface area contributed by atoms with E-state index in [9.17, 15) is 13.2 Å². The van der Waals surface area contributed by atoms with Crippen LogP contribution in [-0.2, 0) is 14.8 Å². The number of anilines is 1. The third-order valence-electron chi connectivity index (χ3n) is 4.14. The number of nitrogens with zero attached hydrogens (tertiary/aromatic N) is 1. The topological polar surface area (TPSA) is 75.7 Å². The number of rotatable bonds is 6. The molecule has 6 nitrogen and oxygen atoms in total. The molecule has 2 rings (SSSR count). The summed E-state index contributed by atoms with van der Waals surface area (Å²) >= 11 is 6.08. The van der Waals surface area contributed by atoms with Gasteiger partial charge in [0.25, 0.3) is 0 Å². The van der Waals surface area contributed by atoms with Crippen LogP contribution in [0.4, 0.5) is 5.69 Å². The summed E-state index contributed by atoms with van der Waals surface area (Å²) in [6, 6.07) is 3.30. The third kappa shape index (κ3) is 4.54. The molecule has 0 atom stereocenters. The fourth-order valence-electron chi connectivity index (χ4n) is 2.86. The van der Waals surface area contributed by atoms with Gasteiger partial charge in [0, 0.05) is 17.1 Å². The zero-order valence-electron chi connectivity index (χ0n) is 14.1. The van der Waals surface area contributed by atoms with Crippen LogP contribution in [0, 0.1) is 6.92 Å². The van der Waals surface area contributed by atoms with Crippen LogP contribution >= 0.6 is 11.6 Å². The molecule has 1 aromatic rings. The highest BCUT2D eigenvalue weighted by Gasteiger charge is 2.26. The van der Waals surface area contributed by atoms with E-state index in [2.05, 4.69) is 5.32 Å². The highest BCUT2D eigenvalue weighted by Crippen LogP contribution is 2.35. The van der Waals surface area contributed by atoms with Crippen LogP contribution in [0.15, 0.2) is 12.1 Å². The summed E-state index contributed by atoms with van der Waals surface area (Å²) in [5, 5.41) is 3.37. The molecule has 0 saturated heterocycles. The lowest BCUT2D eigenvalue weighted by atomic mass is 10.2. The van der Waals surface area contributed by atoms with Crippen LogP contribution in [-0.4, -0.2) is 40.3 Å². The lowest BCUT2D eigenvalue weighted by molar-refractivity contribution is -0.120. The minimum absolute atomic E-state index is 0.132. The quantitative estimate of drug-likeness (QED) is 0.829. The number of benzene rings is 1. The predicted octanol–water partition coefficient (Wildman–Crippen LogP) is 2.48. The maximum atomic E-state index is 12.3. The van der Waals surface area contributed by atoms with E-state index in [1.165, 1.54) is 7.11 Å². The van der Waals surface area contributed by atoms with Crippen molar-refractivity contribution in [2.45, 2.75) is 38.6 Å². The Labute approximate surface area is 148 Å². The second kappa shape index (κ2) is 7.61. The Morgan fingerprint density at radius 1 is 1.38 bits per heavy atom. The van der Waals surface area contributed by atoms with Crippen LogP contribution in [0.3, 0.4) is 0 Å². The summed E-state index contributed by atoms with van der Waals surface area (Å²) in [5.41, 5.74) is 1.01. The Morgan fingerprint density at radius 3 is 2.54 bits per heavy atom. The maximum Gasteiger partial charge on any atom is 0.240 e. The highest BCUT2D eigenvalue weighted by atomic mass is 35.5. The van der Waals surface area contributed by atoms with E-state index >= 15 is 0 Å². The minimum atomic E-state index is -3.66. The molecule has 0 radical (unpaired) electrons. The molecule has 1 fully saturated rings. The Hall–Kier alpha value is -1.47. The molecular formula is C16H23ClN2O4S. The summed E-state index contributed by atoms with van der Waals surface area (Å²) in [6.07, 6.45) is 5.12. The molecular weight excluding hydrogens is 352 g/mol. The van der Waals surface area contributed by atoms with Gasteiger partial charge in [-0.1, -0.05) is 24.4 Å². The van der Waals surface area contributed by atoms with Gasteiger partial charge in [-0.3, -0.25) is 9.10 Å². The van der Waals surface area contributed by atoms with Crippen LogP contribution in [0.25, 0.3) is 0 Å². The van der Waals surface area contributed by atoms with Crippen LogP contribution < -0.4 is 14.4 Å². The van der Waals surface area contributed by atoms with Crippen molar-refractivity contribution >= 4 is 33.2 Å². The van der Waals surface area contributed by atoms with Gasteiger partial charge in [0.1, 0.15) is 12.3 Å². The number of nitrogens with one attached hydrogen (secondary N) is 1. The molecule has 1 aliphatic carbocycles. The lowest BCUT2D eigenvalue weighted by Gasteiger charge is -2.25. The zero-order chi connectivity index (χ0) is 17.9. The van der Waals surface area contributed by atoms with E-state index in [4.69, 9.17) is 16.3 Å². The summed E-state index contributed by atoms with van der Waals surface area (Å²) in [4.78, 5) is 12.3. The normalized spacial score (nSPS) is 15.3. The highest BCUT2D eigenvalue weighted by molar-refractivity contribution is 7.92. The van der Waals surface area contributed by atoms with Crippen molar-refractivity contribution in [1.29, 1.82) is 0 Å². The average Bonchev–Trinajstić information content (AvgIpc) is 2.99. The Morgan fingerprint density at radius 2 is 2.00 bits per heavy atom. The number of halogens is 1. The summed E-state index contributed by atoms with van der Waals surface area (Å²) < 4.78 is 30.8. The molecule has 24 heavy (non-hydrogen) atoms. The van der Waals surface area contributed by atoms with E-state index in [0.29, 0.717) is 22.0 Å². The first-order chi connectivity index (χ1) is 11.2. The van der Waals surface area contributed by atoms with Crippen LogP contribution in [0.1, 0.15) is 31.2 Å². The van der Waals surface area contributed by atoms with E-state index in [-0.39, 0.29) is 18.5 Å². The molecule has 1 aliphatic rings. The van der Waals surface area contributed by atoms with Crippen molar-refractivity contribution in [3.05, 3.63) is 22.7 Å². The Bertz CT molecular complexity index is 715. The standard InChI is InChI=1S/C16H23ClN2O4S/c1-11-8-14(15(23-2)9-13(11)17)19(24(3,21)22)10-16(20)18-12-6-4-5-7-12/h8-9,12H,4-7,10H2,1-3H3,(H,18,20). The molecule has 1 amide bonds. The summed E-state index contributed by atoms with van der Waals surface area (Å²) in [6.45, 7) is 1.48. The van der Waals surface area contributed by atoms with Crippen molar-refractivity contribution in [1.82, 2.24) is 5.32 Å². The van der Waals surface area contributed by atoms with Gasteiger partial charge >= 0.3 is 0 Å². The smallest absolute Gasteiger partial charge is 0.240 e. The molecule has 1 N–H and O–H groups in total. The van der Waals surface area contributed by atoms with Crippen molar-refractivity contribution in [3.8, 4) is 5.75 Å². The number of ether oxygens (including phenoxy) is 1. The first-order valence-electron chi connectivity index (χ1n) is 7.83. The van der Waals surface area contributed by atoms with Gasteiger partial charge in [0.15, 0.2) is 0 Å². The number of carbonyl (C=O) groups is 1. The number of sulfonamides is 1. The van der Waals surface area contributed by atoms with Gasteiger partial charge in [0.2, 0.25) is 15.9 Å². The number of hydrogen-bond donors (Lipinski definition) is 1. The van der Waals surface area contributed by atoms with Gasteiger partial charge < -0.3 is 10.1 Å². The molecule has 134 valence electrons. The fourth-order valence-corrected chi connectivity index (χ4v) is 3.87. The minimum Gasteiger partial charge on any atom is -0.494 e. The number of amides is 1. The third-order valence-corrected chi connectivity index (χ3v) is 5.67. The predicted molar refractivity (Wildman–Crippen MR) is 95.3 cm³/mol. The van der Waals surface area contributed by atoms with Gasteiger partial charge in [-0.05, 0) is 31.4 Å². The number of hydrogen-bond acceptors (Lipinski definition) is 4. The zero-order valence-corrected chi connectivity index (χ0v) is 15.7. The van der Waals surface area contributed by atoms with Gasteiger partial charge in [0.05, 0.1) is 19.1 Å². The van der Waals surface area contributed by atoms with Gasteiger partial charge in [-0.2, -0.15) is 0 Å². The van der Waals surface area contributed by atoms with Crippen molar-refractivity contribution in [2.24, 2.45) is 0 Å². The second-order valence-electron chi connectivity index (χ2n) is 6.09. The number of aryl methyl sites for hydroxylation is 1. The second-order valence-corrected chi connectivity index (χ2v) is 8.41. The van der Waals surface area contributed by atoms with Gasteiger partial charge in [-0.15, -0.1) is 0 Å². The number of methoxy groups -OCH3 is 1. The van der Waals surface area contributed by atoms with Gasteiger partial charge in [-0.25, -0.2) is 8.42 Å². The molecule has 8 heteroatoms. The van der Waals surface area contributed by atoms with E-state index in [1.54, 1.807) is 19.1 Å². The van der Waals surface area contributed by atoms with Crippen molar-refractivity contribution in [2.75, 3.05) is 24.2 Å². The van der Waals surface area contributed by atoms with Crippen molar-refractivity contribution in [3.63, 3.8) is 0 Å². The van der Waals surface area contributed by atoms with Crippen LogP contribution in [0.2, 0.25) is 5.02 Å². The Balaban J connectivity index is 2.29. The SMILES string of the molecule is COc1cc(Cl)c(C)cc1N(CC(=O)NC1CCCC1)S(C)(=O)=O. The molecule has 0 unspecified atom stereocenters. The molecule has 0 bridgehead atoms. The maximum absolute atomic E-state index is 12.3. The first kappa shape index (κ1) is 18.9. The molecule has 0 heterocycles. The molecule has 0 aliphatic heterocycles. The fraction of sp³-hybridized carbons (Fsp3) is 0.562. The molecule has 0 spiro atoms. The summed E-state index contributed by atoms with van der Waals surface area (Å²) in [5.74, 6) is -0.00771. The summed E-state index contributed by atoms with van der Waals surface area (Å²) in [7, 11) is -2.23. The molecule has 1 saturated carbocycles. The van der Waals surface area contributed by atoms with Crippen molar-refractivity contribution < 1.29 is 17.9 Å². The Kier molecular flexibility index (Phi) is 5.98. The van der Waals surface area contributed by atoms with E-state index in [1.807, 2.05) is 0 Å². The first-order valence-corrected chi connectivity index (χ1v) is 10.1. The lowest BCUT2D eigenvalue weighted by Crippen LogP contribution is -2.43. The average molecular weight is 375 g/mol. The van der Waals surface area contributed by atoms with E-state index in [0.717, 1.165) is 36.2 Å².